The van der Waals surface area contributed by atoms with Crippen LogP contribution in [-0.2, 0) is 19.4 Å². The van der Waals surface area contributed by atoms with Gasteiger partial charge in [-0.3, -0.25) is 9.78 Å². The largest absolute Gasteiger partial charge is 0.477 e. The lowest BCUT2D eigenvalue weighted by Crippen LogP contribution is -2.14. The maximum atomic E-state index is 11.6. The Morgan fingerprint density at radius 2 is 2.17 bits per heavy atom. The number of rotatable bonds is 5. The van der Waals surface area contributed by atoms with Crippen molar-refractivity contribution in [3.8, 4) is 11.3 Å². The SMILES string of the molecule is CSc1n[nH]c2c1-c1nn(CCCN)c(C(=O)O)c1CC2.Cl.Cl. The van der Waals surface area contributed by atoms with Gasteiger partial charge in [0.05, 0.1) is 5.56 Å². The van der Waals surface area contributed by atoms with Gasteiger partial charge in [0.25, 0.3) is 0 Å². The molecule has 128 valence electrons. The number of nitrogens with zero attached hydrogens (tertiary/aromatic N) is 3. The number of carboxylic acid groups (broad SMARTS) is 1. The van der Waals surface area contributed by atoms with E-state index in [1.165, 1.54) is 11.8 Å². The van der Waals surface area contributed by atoms with E-state index in [2.05, 4.69) is 15.3 Å². The van der Waals surface area contributed by atoms with Gasteiger partial charge < -0.3 is 10.8 Å². The Morgan fingerprint density at radius 1 is 1.43 bits per heavy atom. The molecule has 1 aliphatic rings. The third-order valence-electron chi connectivity index (χ3n) is 3.69. The van der Waals surface area contributed by atoms with E-state index in [0.717, 1.165) is 34.0 Å². The van der Waals surface area contributed by atoms with Crippen LogP contribution in [0.5, 0.6) is 0 Å². The standard InChI is InChI=1S/C13H17N5O2S.2ClH/c1-21-12-9-8(15-16-12)4-3-7-10(9)17-18(6-2-5-14)11(7)13(19)20;;/h2-6,14H2,1H3,(H,15,16)(H,19,20);2*1H. The second-order valence-corrected chi connectivity index (χ2v) is 5.73. The first kappa shape index (κ1) is 19.8. The van der Waals surface area contributed by atoms with E-state index in [1.54, 1.807) is 4.68 Å². The van der Waals surface area contributed by atoms with E-state index in [9.17, 15) is 9.90 Å². The van der Waals surface area contributed by atoms with Crippen molar-refractivity contribution >= 4 is 42.5 Å². The quantitative estimate of drug-likeness (QED) is 0.685. The number of nitrogens with one attached hydrogen (secondary N) is 1. The third-order valence-corrected chi connectivity index (χ3v) is 4.37. The molecule has 0 aliphatic heterocycles. The number of aromatic carboxylic acids is 1. The first-order valence-electron chi connectivity index (χ1n) is 6.82. The summed E-state index contributed by atoms with van der Waals surface area (Å²) in [6.07, 6.45) is 4.09. The van der Waals surface area contributed by atoms with Gasteiger partial charge in [0.2, 0.25) is 0 Å². The van der Waals surface area contributed by atoms with Gasteiger partial charge in [-0.2, -0.15) is 10.2 Å². The average molecular weight is 380 g/mol. The molecule has 3 rings (SSSR count). The highest BCUT2D eigenvalue weighted by Crippen LogP contribution is 2.38. The highest BCUT2D eigenvalue weighted by Gasteiger charge is 2.31. The molecule has 7 nitrogen and oxygen atoms in total. The minimum atomic E-state index is -0.932. The Hall–Kier alpha value is -1.22. The fraction of sp³-hybridized carbons (Fsp3) is 0.462. The molecule has 0 saturated heterocycles. The third kappa shape index (κ3) is 3.35. The number of halogens is 2. The molecule has 0 unspecified atom stereocenters. The van der Waals surface area contributed by atoms with Gasteiger partial charge >= 0.3 is 5.97 Å². The summed E-state index contributed by atoms with van der Waals surface area (Å²) in [4.78, 5) is 11.6. The Balaban J connectivity index is 0.00000132. The highest BCUT2D eigenvalue weighted by molar-refractivity contribution is 7.98. The van der Waals surface area contributed by atoms with Crippen LogP contribution in [0.3, 0.4) is 0 Å². The van der Waals surface area contributed by atoms with E-state index in [4.69, 9.17) is 5.73 Å². The zero-order valence-corrected chi connectivity index (χ0v) is 15.0. The van der Waals surface area contributed by atoms with Crippen LogP contribution in [-0.4, -0.2) is 43.9 Å². The number of aryl methyl sites for hydroxylation is 2. The Labute approximate surface area is 150 Å². The second kappa shape index (κ2) is 8.05. The molecular weight excluding hydrogens is 361 g/mol. The van der Waals surface area contributed by atoms with Crippen LogP contribution < -0.4 is 5.73 Å². The van der Waals surface area contributed by atoms with Gasteiger partial charge in [0.1, 0.15) is 16.4 Å². The Bertz CT molecular complexity index is 687. The van der Waals surface area contributed by atoms with Crippen molar-refractivity contribution in [2.45, 2.75) is 30.8 Å². The summed E-state index contributed by atoms with van der Waals surface area (Å²) < 4.78 is 1.58. The summed E-state index contributed by atoms with van der Waals surface area (Å²) in [7, 11) is 0. The van der Waals surface area contributed by atoms with Crippen LogP contribution in [0.2, 0.25) is 0 Å². The van der Waals surface area contributed by atoms with E-state index in [1.807, 2.05) is 6.26 Å². The minimum absolute atomic E-state index is 0. The normalized spacial score (nSPS) is 11.9. The molecule has 2 aromatic rings. The highest BCUT2D eigenvalue weighted by atomic mass is 35.5. The van der Waals surface area contributed by atoms with E-state index >= 15 is 0 Å². The van der Waals surface area contributed by atoms with Crippen LogP contribution in [0.4, 0.5) is 0 Å². The first-order valence-corrected chi connectivity index (χ1v) is 8.04. The number of hydrogen-bond donors (Lipinski definition) is 3. The molecule has 0 fully saturated rings. The maximum Gasteiger partial charge on any atom is 0.354 e. The molecule has 2 aromatic heterocycles. The number of carboxylic acids is 1. The molecule has 0 aromatic carbocycles. The van der Waals surface area contributed by atoms with Crippen molar-refractivity contribution in [3.05, 3.63) is 17.0 Å². The molecule has 10 heteroatoms. The molecular formula is C13H19Cl2N5O2S. The number of aromatic nitrogens is 4. The van der Waals surface area contributed by atoms with Gasteiger partial charge in [-0.1, -0.05) is 0 Å². The molecule has 0 amide bonds. The smallest absolute Gasteiger partial charge is 0.354 e. The van der Waals surface area contributed by atoms with Crippen LogP contribution in [0.25, 0.3) is 11.3 Å². The Kier molecular flexibility index (Phi) is 6.94. The van der Waals surface area contributed by atoms with Crippen LogP contribution in [0, 0.1) is 0 Å². The van der Waals surface area contributed by atoms with Crippen LogP contribution in [0.1, 0.15) is 28.2 Å². The molecule has 0 spiro atoms. The predicted molar refractivity (Wildman–Crippen MR) is 94.1 cm³/mol. The molecule has 0 bridgehead atoms. The molecule has 2 heterocycles. The molecule has 0 radical (unpaired) electrons. The monoisotopic (exact) mass is 379 g/mol. The molecule has 4 N–H and O–H groups in total. The minimum Gasteiger partial charge on any atom is -0.477 e. The predicted octanol–water partition coefficient (Wildman–Crippen LogP) is 1.98. The number of carbonyl (C=O) groups is 1. The van der Waals surface area contributed by atoms with Gasteiger partial charge in [-0.15, -0.1) is 36.6 Å². The van der Waals surface area contributed by atoms with E-state index in [0.29, 0.717) is 25.9 Å². The number of thioether (sulfide) groups is 1. The molecule has 1 aliphatic carbocycles. The first-order chi connectivity index (χ1) is 10.2. The summed E-state index contributed by atoms with van der Waals surface area (Å²) >= 11 is 1.54. The maximum absolute atomic E-state index is 11.6. The van der Waals surface area contributed by atoms with Crippen molar-refractivity contribution in [2.24, 2.45) is 5.73 Å². The van der Waals surface area contributed by atoms with Gasteiger partial charge in [0, 0.05) is 17.8 Å². The number of hydrogen-bond acceptors (Lipinski definition) is 5. The summed E-state index contributed by atoms with van der Waals surface area (Å²) in [5, 5.41) is 22.2. The molecule has 23 heavy (non-hydrogen) atoms. The van der Waals surface area contributed by atoms with Gasteiger partial charge in [-0.05, 0) is 32.1 Å². The number of H-pyrrole nitrogens is 1. The molecule has 0 atom stereocenters. The lowest BCUT2D eigenvalue weighted by Gasteiger charge is -2.11. The summed E-state index contributed by atoms with van der Waals surface area (Å²) in [5.41, 5.74) is 9.37. The fourth-order valence-electron chi connectivity index (χ4n) is 2.76. The zero-order valence-electron chi connectivity index (χ0n) is 12.5. The van der Waals surface area contributed by atoms with Crippen molar-refractivity contribution < 1.29 is 9.90 Å². The topological polar surface area (TPSA) is 110 Å². The Morgan fingerprint density at radius 3 is 2.78 bits per heavy atom. The van der Waals surface area contributed by atoms with Crippen LogP contribution >= 0.6 is 36.6 Å². The lowest BCUT2D eigenvalue weighted by atomic mass is 9.94. The van der Waals surface area contributed by atoms with Crippen molar-refractivity contribution in [3.63, 3.8) is 0 Å². The van der Waals surface area contributed by atoms with Crippen molar-refractivity contribution in [1.82, 2.24) is 20.0 Å². The second-order valence-electron chi connectivity index (χ2n) is 4.93. The van der Waals surface area contributed by atoms with Gasteiger partial charge in [0.15, 0.2) is 0 Å². The van der Waals surface area contributed by atoms with Crippen molar-refractivity contribution in [1.29, 1.82) is 0 Å². The van der Waals surface area contributed by atoms with E-state index in [-0.39, 0.29) is 30.5 Å². The van der Waals surface area contributed by atoms with Crippen molar-refractivity contribution in [2.75, 3.05) is 12.8 Å². The number of nitrogens with two attached hydrogens (primary N) is 1. The lowest BCUT2D eigenvalue weighted by molar-refractivity contribution is 0.0681. The van der Waals surface area contributed by atoms with E-state index < -0.39 is 5.97 Å². The fourth-order valence-corrected chi connectivity index (χ4v) is 3.32. The summed E-state index contributed by atoms with van der Waals surface area (Å²) in [6, 6.07) is 0. The van der Waals surface area contributed by atoms with Crippen LogP contribution in [0.15, 0.2) is 5.03 Å². The average Bonchev–Trinajstić information content (AvgIpc) is 3.04. The zero-order chi connectivity index (χ0) is 15.0. The number of aromatic amines is 1. The summed E-state index contributed by atoms with van der Waals surface area (Å²) in [6.45, 7) is 1.03. The number of fused-ring (bicyclic) bond motifs is 3. The molecule has 0 saturated carbocycles. The summed E-state index contributed by atoms with van der Waals surface area (Å²) in [5.74, 6) is -0.932. The van der Waals surface area contributed by atoms with Gasteiger partial charge in [-0.25, -0.2) is 4.79 Å².